The number of carbonyl (C=O) groups excluding carboxylic acids is 2. The lowest BCUT2D eigenvalue weighted by Crippen LogP contribution is -2.45. The molecule has 1 aliphatic heterocycles. The molecule has 1 aromatic heterocycles. The van der Waals surface area contributed by atoms with Crippen molar-refractivity contribution < 1.29 is 9.59 Å². The number of para-hydroxylation sites is 2. The van der Waals surface area contributed by atoms with Gasteiger partial charge in [-0.2, -0.15) is 5.10 Å². The van der Waals surface area contributed by atoms with Gasteiger partial charge in [0.25, 0.3) is 0 Å². The van der Waals surface area contributed by atoms with E-state index >= 15 is 0 Å². The topological polar surface area (TPSA) is 80.1 Å². The zero-order valence-corrected chi connectivity index (χ0v) is 17.3. The molecule has 0 bridgehead atoms. The number of aryl methyl sites for hydroxylation is 1. The SMILES string of the molecule is O=C(Nc1ccccc1-n1cncn1)C(=O)N1CCCC1C1CCCc2ccccc21. The van der Waals surface area contributed by atoms with Crippen molar-refractivity contribution in [1.29, 1.82) is 0 Å². The summed E-state index contributed by atoms with van der Waals surface area (Å²) < 4.78 is 1.57. The number of likely N-dealkylation sites (tertiary alicyclic amines) is 1. The Balaban J connectivity index is 1.36. The van der Waals surface area contributed by atoms with Crippen molar-refractivity contribution in [3.63, 3.8) is 0 Å². The quantitative estimate of drug-likeness (QED) is 0.666. The van der Waals surface area contributed by atoms with Crippen molar-refractivity contribution >= 4 is 17.5 Å². The van der Waals surface area contributed by atoms with Gasteiger partial charge in [-0.1, -0.05) is 36.4 Å². The van der Waals surface area contributed by atoms with Gasteiger partial charge < -0.3 is 10.2 Å². The normalized spacial score (nSPS) is 20.3. The molecule has 1 saturated heterocycles. The Morgan fingerprint density at radius 2 is 1.84 bits per heavy atom. The van der Waals surface area contributed by atoms with Crippen LogP contribution in [0.3, 0.4) is 0 Å². The van der Waals surface area contributed by atoms with Crippen molar-refractivity contribution in [2.24, 2.45) is 0 Å². The van der Waals surface area contributed by atoms with Crippen LogP contribution in [0.1, 0.15) is 42.7 Å². The Labute approximate surface area is 181 Å². The number of anilines is 1. The van der Waals surface area contributed by atoms with Crippen LogP contribution in [0.15, 0.2) is 61.2 Å². The molecule has 0 saturated carbocycles. The van der Waals surface area contributed by atoms with Gasteiger partial charge in [0.05, 0.1) is 11.4 Å². The lowest BCUT2D eigenvalue weighted by molar-refractivity contribution is -0.144. The molecule has 2 aliphatic rings. The maximum atomic E-state index is 13.2. The van der Waals surface area contributed by atoms with E-state index in [0.29, 0.717) is 23.8 Å². The molecule has 0 radical (unpaired) electrons. The van der Waals surface area contributed by atoms with Crippen LogP contribution in [-0.2, 0) is 16.0 Å². The number of amides is 2. The summed E-state index contributed by atoms with van der Waals surface area (Å²) in [6.45, 7) is 0.625. The number of nitrogens with one attached hydrogen (secondary N) is 1. The largest absolute Gasteiger partial charge is 0.331 e. The third-order valence-corrected chi connectivity index (χ3v) is 6.45. The second-order valence-corrected chi connectivity index (χ2v) is 8.22. The molecular weight excluding hydrogens is 390 g/mol. The van der Waals surface area contributed by atoms with Gasteiger partial charge in [0.15, 0.2) is 0 Å². The number of nitrogens with zero attached hydrogens (tertiary/aromatic N) is 4. The average molecular weight is 415 g/mol. The Morgan fingerprint density at radius 3 is 2.71 bits per heavy atom. The molecule has 2 amide bonds. The molecule has 2 atom stereocenters. The van der Waals surface area contributed by atoms with Crippen molar-refractivity contribution in [2.45, 2.75) is 44.1 Å². The maximum Gasteiger partial charge on any atom is 0.313 e. The zero-order valence-electron chi connectivity index (χ0n) is 17.3. The first-order valence-electron chi connectivity index (χ1n) is 10.9. The fourth-order valence-corrected chi connectivity index (χ4v) is 5.07. The van der Waals surface area contributed by atoms with Crippen LogP contribution in [0.4, 0.5) is 5.69 Å². The van der Waals surface area contributed by atoms with Crippen LogP contribution in [-0.4, -0.2) is 44.1 Å². The van der Waals surface area contributed by atoms with Crippen LogP contribution in [0.5, 0.6) is 0 Å². The van der Waals surface area contributed by atoms with Crippen molar-refractivity contribution in [1.82, 2.24) is 19.7 Å². The molecule has 2 heterocycles. The van der Waals surface area contributed by atoms with E-state index in [9.17, 15) is 9.59 Å². The van der Waals surface area contributed by atoms with Gasteiger partial charge in [-0.05, 0) is 55.4 Å². The highest BCUT2D eigenvalue weighted by atomic mass is 16.2. The lowest BCUT2D eigenvalue weighted by Gasteiger charge is -2.35. The Hall–Kier alpha value is -3.48. The van der Waals surface area contributed by atoms with E-state index in [0.717, 1.165) is 32.1 Å². The molecule has 1 aliphatic carbocycles. The zero-order chi connectivity index (χ0) is 21.2. The second-order valence-electron chi connectivity index (χ2n) is 8.22. The van der Waals surface area contributed by atoms with Crippen molar-refractivity contribution in [3.8, 4) is 5.69 Å². The predicted molar refractivity (Wildman–Crippen MR) is 117 cm³/mol. The summed E-state index contributed by atoms with van der Waals surface area (Å²) in [5, 5.41) is 6.93. The van der Waals surface area contributed by atoms with E-state index < -0.39 is 11.8 Å². The van der Waals surface area contributed by atoms with Crippen molar-refractivity contribution in [2.75, 3.05) is 11.9 Å². The van der Waals surface area contributed by atoms with E-state index in [4.69, 9.17) is 0 Å². The monoisotopic (exact) mass is 415 g/mol. The average Bonchev–Trinajstić information content (AvgIpc) is 3.51. The highest BCUT2D eigenvalue weighted by Crippen LogP contribution is 2.39. The number of aromatic nitrogens is 3. The number of benzene rings is 2. The molecule has 1 N–H and O–H groups in total. The molecule has 31 heavy (non-hydrogen) atoms. The fourth-order valence-electron chi connectivity index (χ4n) is 5.07. The van der Waals surface area contributed by atoms with E-state index in [1.807, 2.05) is 18.2 Å². The minimum Gasteiger partial charge on any atom is -0.331 e. The molecule has 158 valence electrons. The van der Waals surface area contributed by atoms with E-state index in [2.05, 4.69) is 39.7 Å². The first-order chi connectivity index (χ1) is 15.2. The summed E-state index contributed by atoms with van der Waals surface area (Å²) in [5.74, 6) is -0.769. The van der Waals surface area contributed by atoms with Gasteiger partial charge in [-0.15, -0.1) is 0 Å². The Bertz CT molecular complexity index is 1090. The Morgan fingerprint density at radius 1 is 1.00 bits per heavy atom. The highest BCUT2D eigenvalue weighted by molar-refractivity contribution is 6.39. The first-order valence-corrected chi connectivity index (χ1v) is 10.9. The Kier molecular flexibility index (Phi) is 5.24. The standard InChI is InChI=1S/C24H25N5O2/c30-23(27-20-11-3-4-12-22(20)29-16-25-15-26-29)24(31)28-14-6-13-21(28)19-10-5-8-17-7-1-2-9-18(17)19/h1-4,7,9,11-12,15-16,19,21H,5-6,8,10,13-14H2,(H,27,30). The minimum atomic E-state index is -0.608. The minimum absolute atomic E-state index is 0.0743. The fraction of sp³-hybridized carbons (Fsp3) is 0.333. The van der Waals surface area contributed by atoms with Gasteiger partial charge in [0, 0.05) is 18.5 Å². The number of hydrogen-bond acceptors (Lipinski definition) is 4. The predicted octanol–water partition coefficient (Wildman–Crippen LogP) is 3.32. The van der Waals surface area contributed by atoms with Crippen LogP contribution >= 0.6 is 0 Å². The number of rotatable bonds is 3. The molecule has 0 spiro atoms. The summed E-state index contributed by atoms with van der Waals surface area (Å²) >= 11 is 0. The van der Waals surface area contributed by atoms with E-state index in [1.165, 1.54) is 17.5 Å². The molecule has 1 fully saturated rings. The summed E-state index contributed by atoms with van der Waals surface area (Å²) in [6.07, 6.45) is 8.13. The van der Waals surface area contributed by atoms with Gasteiger partial charge >= 0.3 is 11.8 Å². The third-order valence-electron chi connectivity index (χ3n) is 6.45. The van der Waals surface area contributed by atoms with Gasteiger partial charge in [-0.3, -0.25) is 9.59 Å². The molecular formula is C24H25N5O2. The molecule has 2 unspecified atom stereocenters. The first kappa shape index (κ1) is 19.5. The number of hydrogen-bond donors (Lipinski definition) is 1. The van der Waals surface area contributed by atoms with E-state index in [-0.39, 0.29) is 6.04 Å². The summed E-state index contributed by atoms with van der Waals surface area (Å²) in [7, 11) is 0. The molecule has 7 nitrogen and oxygen atoms in total. The molecule has 5 rings (SSSR count). The maximum absolute atomic E-state index is 13.2. The molecule has 2 aromatic carbocycles. The molecule has 3 aromatic rings. The van der Waals surface area contributed by atoms with Crippen LogP contribution in [0, 0.1) is 0 Å². The highest BCUT2D eigenvalue weighted by Gasteiger charge is 2.39. The second kappa shape index (κ2) is 8.34. The summed E-state index contributed by atoms with van der Waals surface area (Å²) in [4.78, 5) is 31.9. The lowest BCUT2D eigenvalue weighted by atomic mass is 9.78. The molecule has 7 heteroatoms. The van der Waals surface area contributed by atoms with Crippen molar-refractivity contribution in [3.05, 3.63) is 72.3 Å². The van der Waals surface area contributed by atoms with Gasteiger partial charge in [0.2, 0.25) is 0 Å². The number of carbonyl (C=O) groups is 2. The van der Waals surface area contributed by atoms with Gasteiger partial charge in [0.1, 0.15) is 12.7 Å². The third kappa shape index (κ3) is 3.71. The van der Waals surface area contributed by atoms with Crippen LogP contribution < -0.4 is 5.32 Å². The van der Waals surface area contributed by atoms with Crippen LogP contribution in [0.25, 0.3) is 5.69 Å². The summed E-state index contributed by atoms with van der Waals surface area (Å²) in [5.41, 5.74) is 3.92. The van der Waals surface area contributed by atoms with Gasteiger partial charge in [-0.25, -0.2) is 9.67 Å². The smallest absolute Gasteiger partial charge is 0.313 e. The number of fused-ring (bicyclic) bond motifs is 1. The summed E-state index contributed by atoms with van der Waals surface area (Å²) in [6, 6.07) is 15.9. The van der Waals surface area contributed by atoms with Crippen LogP contribution in [0.2, 0.25) is 0 Å². The van der Waals surface area contributed by atoms with E-state index in [1.54, 1.807) is 22.0 Å².